The highest BCUT2D eigenvalue weighted by atomic mass is 127. The van der Waals surface area contributed by atoms with Crippen molar-refractivity contribution in [3.05, 3.63) is 29.3 Å². The number of halogens is 3. The minimum absolute atomic E-state index is 0. The minimum atomic E-state index is -2.85. The van der Waals surface area contributed by atoms with Gasteiger partial charge in [0.15, 0.2) is 5.96 Å². The third kappa shape index (κ3) is 7.61. The molecular weight excluding hydrogens is 537 g/mol. The molecular formula is C21H33F2IN4O2S. The molecule has 1 unspecified atom stereocenters. The molecule has 0 aliphatic carbocycles. The number of nitrogens with one attached hydrogen (secondary N) is 2. The van der Waals surface area contributed by atoms with Crippen LogP contribution in [0.1, 0.15) is 24.5 Å². The zero-order chi connectivity index (χ0) is 21.4. The third-order valence-corrected chi connectivity index (χ3v) is 6.77. The van der Waals surface area contributed by atoms with Crippen LogP contribution in [0.5, 0.6) is 5.75 Å². The van der Waals surface area contributed by atoms with Gasteiger partial charge >= 0.3 is 6.61 Å². The van der Waals surface area contributed by atoms with Crippen LogP contribution in [0, 0.1) is 6.92 Å². The first-order valence-electron chi connectivity index (χ1n) is 10.5. The molecule has 1 aromatic rings. The van der Waals surface area contributed by atoms with E-state index in [1.807, 2.05) is 31.7 Å². The molecule has 2 N–H and O–H groups in total. The molecule has 0 radical (unpaired) electrons. The summed E-state index contributed by atoms with van der Waals surface area (Å²) in [5.41, 5.74) is 1.72. The van der Waals surface area contributed by atoms with Crippen molar-refractivity contribution in [2.45, 2.75) is 39.0 Å². The average molecular weight is 570 g/mol. The van der Waals surface area contributed by atoms with Gasteiger partial charge in [-0.25, -0.2) is 4.99 Å². The lowest BCUT2D eigenvalue weighted by atomic mass is 9.95. The first kappa shape index (κ1) is 26.4. The maximum Gasteiger partial charge on any atom is 0.387 e. The normalized spacial score (nSPS) is 22.3. The summed E-state index contributed by atoms with van der Waals surface area (Å²) < 4.78 is 35.7. The Morgan fingerprint density at radius 2 is 2.10 bits per heavy atom. The van der Waals surface area contributed by atoms with Crippen LogP contribution in [0.3, 0.4) is 0 Å². The molecule has 0 spiro atoms. The van der Waals surface area contributed by atoms with Crippen LogP contribution in [0.2, 0.25) is 0 Å². The summed E-state index contributed by atoms with van der Waals surface area (Å²) in [6.07, 6.45) is 1.13. The van der Waals surface area contributed by atoms with E-state index in [4.69, 9.17) is 4.74 Å². The van der Waals surface area contributed by atoms with Gasteiger partial charge in [-0.2, -0.15) is 20.5 Å². The summed E-state index contributed by atoms with van der Waals surface area (Å²) in [5, 5.41) is 6.77. The summed E-state index contributed by atoms with van der Waals surface area (Å²) in [6, 6.07) is 5.18. The molecule has 31 heavy (non-hydrogen) atoms. The van der Waals surface area contributed by atoms with Crippen LogP contribution in [-0.2, 0) is 11.3 Å². The number of thioether (sulfide) groups is 1. The van der Waals surface area contributed by atoms with Gasteiger partial charge in [0.2, 0.25) is 0 Å². The summed E-state index contributed by atoms with van der Waals surface area (Å²) in [6.45, 7) is 6.32. The Morgan fingerprint density at radius 1 is 1.32 bits per heavy atom. The van der Waals surface area contributed by atoms with Crippen LogP contribution in [0.4, 0.5) is 8.78 Å². The highest BCUT2D eigenvalue weighted by Crippen LogP contribution is 2.33. The molecule has 2 aliphatic heterocycles. The van der Waals surface area contributed by atoms with Crippen LogP contribution < -0.4 is 15.4 Å². The average Bonchev–Trinajstić information content (AvgIpc) is 3.22. The van der Waals surface area contributed by atoms with Crippen molar-refractivity contribution in [1.82, 2.24) is 15.5 Å². The first-order chi connectivity index (χ1) is 14.5. The first-order valence-corrected chi connectivity index (χ1v) is 11.6. The second-order valence-electron chi connectivity index (χ2n) is 7.66. The van der Waals surface area contributed by atoms with Gasteiger partial charge in [0, 0.05) is 43.0 Å². The van der Waals surface area contributed by atoms with Crippen LogP contribution in [-0.4, -0.2) is 73.9 Å². The van der Waals surface area contributed by atoms with E-state index in [1.54, 1.807) is 12.1 Å². The van der Waals surface area contributed by atoms with E-state index in [-0.39, 0.29) is 41.8 Å². The number of morpholine rings is 1. The zero-order valence-corrected chi connectivity index (χ0v) is 21.3. The predicted molar refractivity (Wildman–Crippen MR) is 133 cm³/mol. The van der Waals surface area contributed by atoms with Gasteiger partial charge in [-0.15, -0.1) is 24.0 Å². The highest BCUT2D eigenvalue weighted by molar-refractivity contribution is 14.0. The molecule has 0 bridgehead atoms. The quantitative estimate of drug-likeness (QED) is 0.284. The van der Waals surface area contributed by atoms with Crippen molar-refractivity contribution in [1.29, 1.82) is 0 Å². The van der Waals surface area contributed by atoms with Crippen LogP contribution in [0.25, 0.3) is 0 Å². The molecule has 1 atom stereocenters. The van der Waals surface area contributed by atoms with E-state index in [0.717, 1.165) is 62.9 Å². The molecule has 10 heteroatoms. The van der Waals surface area contributed by atoms with Crippen LogP contribution >= 0.6 is 35.7 Å². The molecule has 6 nitrogen and oxygen atoms in total. The number of alkyl halides is 2. The van der Waals surface area contributed by atoms with Gasteiger partial charge in [-0.05, 0) is 32.1 Å². The second-order valence-corrected chi connectivity index (χ2v) is 8.77. The number of hydrogen-bond acceptors (Lipinski definition) is 5. The van der Waals surface area contributed by atoms with E-state index in [0.29, 0.717) is 11.5 Å². The van der Waals surface area contributed by atoms with E-state index in [9.17, 15) is 8.78 Å². The van der Waals surface area contributed by atoms with Gasteiger partial charge in [0.05, 0.1) is 19.8 Å². The standard InChI is InChI=1S/C21H32F2N4O2S.HI/c1-3-24-20(25-13-17-12-16(2)4-5-18(17)29-19(22)23)26-14-21(6-11-30-15-21)27-7-9-28-10-8-27;/h4-5,12,19H,3,6-11,13-15H2,1-2H3,(H2,24,25,26);1H. The van der Waals surface area contributed by atoms with Gasteiger partial charge in [0.25, 0.3) is 0 Å². The zero-order valence-electron chi connectivity index (χ0n) is 18.2. The Hall–Kier alpha value is -0.850. The monoisotopic (exact) mass is 570 g/mol. The number of guanidine groups is 1. The maximum atomic E-state index is 12.7. The molecule has 0 amide bonds. The van der Waals surface area contributed by atoms with Gasteiger partial charge in [0.1, 0.15) is 5.75 Å². The Labute approximate surface area is 204 Å². The molecule has 0 aromatic heterocycles. The fraction of sp³-hybridized carbons (Fsp3) is 0.667. The maximum absolute atomic E-state index is 12.7. The number of hydrogen-bond donors (Lipinski definition) is 2. The summed E-state index contributed by atoms with van der Waals surface area (Å²) >= 11 is 1.99. The number of nitrogens with zero attached hydrogens (tertiary/aromatic N) is 2. The summed E-state index contributed by atoms with van der Waals surface area (Å²) in [4.78, 5) is 7.19. The van der Waals surface area contributed by atoms with Crippen molar-refractivity contribution in [3.8, 4) is 5.75 Å². The van der Waals surface area contributed by atoms with Gasteiger partial charge in [-0.3, -0.25) is 4.90 Å². The summed E-state index contributed by atoms with van der Waals surface area (Å²) in [7, 11) is 0. The third-order valence-electron chi connectivity index (χ3n) is 5.53. The van der Waals surface area contributed by atoms with Crippen LogP contribution in [0.15, 0.2) is 23.2 Å². The van der Waals surface area contributed by atoms with E-state index in [2.05, 4.69) is 25.3 Å². The van der Waals surface area contributed by atoms with Crippen molar-refractivity contribution < 1.29 is 18.3 Å². The van der Waals surface area contributed by atoms with Crippen molar-refractivity contribution in [3.63, 3.8) is 0 Å². The number of aryl methyl sites for hydroxylation is 1. The Kier molecular flexibility index (Phi) is 11.1. The molecule has 176 valence electrons. The number of benzene rings is 1. The minimum Gasteiger partial charge on any atom is -0.434 e. The Balaban J connectivity index is 0.00000341. The van der Waals surface area contributed by atoms with E-state index in [1.165, 1.54) is 0 Å². The smallest absolute Gasteiger partial charge is 0.387 e. The van der Waals surface area contributed by atoms with Gasteiger partial charge < -0.3 is 20.1 Å². The largest absolute Gasteiger partial charge is 0.434 e. The van der Waals surface area contributed by atoms with Crippen molar-refractivity contribution >= 4 is 41.7 Å². The van der Waals surface area contributed by atoms with Gasteiger partial charge in [-0.1, -0.05) is 17.7 Å². The highest BCUT2D eigenvalue weighted by Gasteiger charge is 2.40. The van der Waals surface area contributed by atoms with E-state index < -0.39 is 6.61 Å². The number of aliphatic imine (C=N–C) groups is 1. The molecule has 2 fully saturated rings. The SMILES string of the molecule is CCNC(=NCc1cc(C)ccc1OC(F)F)NCC1(N2CCOCC2)CCSC1.I. The Morgan fingerprint density at radius 3 is 2.74 bits per heavy atom. The molecule has 1 aromatic carbocycles. The number of ether oxygens (including phenoxy) is 2. The summed E-state index contributed by atoms with van der Waals surface area (Å²) in [5.74, 6) is 3.10. The van der Waals surface area contributed by atoms with E-state index >= 15 is 0 Å². The molecule has 3 rings (SSSR count). The fourth-order valence-electron chi connectivity index (χ4n) is 3.93. The van der Waals surface area contributed by atoms with Crippen molar-refractivity contribution in [2.24, 2.45) is 4.99 Å². The number of rotatable bonds is 8. The lowest BCUT2D eigenvalue weighted by Gasteiger charge is -2.43. The second kappa shape index (κ2) is 13.0. The molecule has 0 saturated carbocycles. The molecule has 2 heterocycles. The lowest BCUT2D eigenvalue weighted by Crippen LogP contribution is -2.60. The van der Waals surface area contributed by atoms with Crippen molar-refractivity contribution in [2.75, 3.05) is 50.9 Å². The Bertz CT molecular complexity index is 715. The predicted octanol–water partition coefficient (Wildman–Crippen LogP) is 3.48. The molecule has 2 aliphatic rings. The fourth-order valence-corrected chi connectivity index (χ4v) is 5.41. The molecule has 2 saturated heterocycles. The lowest BCUT2D eigenvalue weighted by molar-refractivity contribution is -0.0504. The topological polar surface area (TPSA) is 58.1 Å².